The van der Waals surface area contributed by atoms with Crippen LogP contribution in [-0.4, -0.2) is 38.1 Å². The molecule has 1 aliphatic rings. The normalized spacial score (nSPS) is 20.5. The lowest BCUT2D eigenvalue weighted by molar-refractivity contribution is 0.0984. The number of nitrogens with zero attached hydrogens (tertiary/aromatic N) is 2. The van der Waals surface area contributed by atoms with Gasteiger partial charge in [0.15, 0.2) is 5.78 Å². The molecule has 0 N–H and O–H groups in total. The highest BCUT2D eigenvalue weighted by Gasteiger charge is 2.28. The zero-order valence-electron chi connectivity index (χ0n) is 9.69. The summed E-state index contributed by atoms with van der Waals surface area (Å²) in [6, 6.07) is 0. The molecule has 1 aliphatic heterocycles. The number of Topliss-reactive ketones (excluding diaryl/α,β-unsaturated/α-hetero) is 1. The molecular formula is C11H15ClN2OS2. The fourth-order valence-corrected chi connectivity index (χ4v) is 4.62. The summed E-state index contributed by atoms with van der Waals surface area (Å²) >= 11 is 9.65. The number of carbonyl (C=O) groups is 1. The summed E-state index contributed by atoms with van der Waals surface area (Å²) in [7, 11) is 0. The molecule has 1 aromatic rings. The molecule has 17 heavy (non-hydrogen) atoms. The van der Waals surface area contributed by atoms with Gasteiger partial charge in [-0.1, -0.05) is 18.5 Å². The van der Waals surface area contributed by atoms with Crippen LogP contribution in [0.4, 0.5) is 0 Å². The van der Waals surface area contributed by atoms with Crippen molar-refractivity contribution in [1.82, 2.24) is 9.78 Å². The smallest absolute Gasteiger partial charge is 0.196 e. The average molecular weight is 291 g/mol. The van der Waals surface area contributed by atoms with E-state index in [1.165, 1.54) is 0 Å². The maximum Gasteiger partial charge on any atom is 0.196 e. The van der Waals surface area contributed by atoms with E-state index in [0.717, 1.165) is 30.2 Å². The van der Waals surface area contributed by atoms with Crippen LogP contribution < -0.4 is 0 Å². The van der Waals surface area contributed by atoms with Crippen molar-refractivity contribution in [2.45, 2.75) is 25.1 Å². The van der Waals surface area contributed by atoms with Gasteiger partial charge in [-0.05, 0) is 6.42 Å². The maximum atomic E-state index is 12.4. The van der Waals surface area contributed by atoms with E-state index in [1.54, 1.807) is 22.6 Å². The number of aromatic nitrogens is 2. The minimum absolute atomic E-state index is 0.0403. The molecule has 2 rings (SSSR count). The summed E-state index contributed by atoms with van der Waals surface area (Å²) in [6.45, 7) is 2.81. The third-order valence-corrected chi connectivity index (χ3v) is 5.60. The molecule has 0 aromatic carbocycles. The standard InChI is InChI=1S/C11H15ClN2OS2/c1-2-3-14-10(8(12)6-13-14)11(15)9-7-16-4-5-17-9/h6,9H,2-5,7H2,1H3. The van der Waals surface area contributed by atoms with Crippen molar-refractivity contribution in [2.75, 3.05) is 17.3 Å². The van der Waals surface area contributed by atoms with Crippen molar-refractivity contribution < 1.29 is 4.79 Å². The topological polar surface area (TPSA) is 34.9 Å². The molecule has 1 aromatic heterocycles. The minimum atomic E-state index is 0.0403. The average Bonchev–Trinajstić information content (AvgIpc) is 2.71. The molecule has 0 aliphatic carbocycles. The Balaban J connectivity index is 2.19. The highest BCUT2D eigenvalue weighted by atomic mass is 35.5. The van der Waals surface area contributed by atoms with E-state index in [0.29, 0.717) is 10.7 Å². The molecule has 1 unspecified atom stereocenters. The van der Waals surface area contributed by atoms with Crippen molar-refractivity contribution in [3.8, 4) is 0 Å². The lowest BCUT2D eigenvalue weighted by Crippen LogP contribution is -2.27. The Hall–Kier alpha value is -0.130. The summed E-state index contributed by atoms with van der Waals surface area (Å²) in [5.74, 6) is 3.20. The van der Waals surface area contributed by atoms with Gasteiger partial charge in [0.1, 0.15) is 5.69 Å². The summed E-state index contributed by atoms with van der Waals surface area (Å²) in [4.78, 5) is 12.4. The molecule has 1 atom stereocenters. The summed E-state index contributed by atoms with van der Waals surface area (Å²) < 4.78 is 1.74. The van der Waals surface area contributed by atoms with E-state index in [2.05, 4.69) is 12.0 Å². The first-order chi connectivity index (χ1) is 8.24. The highest BCUT2D eigenvalue weighted by Crippen LogP contribution is 2.29. The Bertz CT molecular complexity index is 402. The molecule has 3 nitrogen and oxygen atoms in total. The Morgan fingerprint density at radius 2 is 2.47 bits per heavy atom. The first-order valence-corrected chi connectivity index (χ1v) is 8.27. The third kappa shape index (κ3) is 3.01. The maximum absolute atomic E-state index is 12.4. The number of aryl methyl sites for hydroxylation is 1. The van der Waals surface area contributed by atoms with Crippen molar-refractivity contribution in [3.05, 3.63) is 16.9 Å². The largest absolute Gasteiger partial charge is 0.291 e. The van der Waals surface area contributed by atoms with E-state index in [4.69, 9.17) is 11.6 Å². The Morgan fingerprint density at radius 3 is 3.12 bits per heavy atom. The molecule has 6 heteroatoms. The van der Waals surface area contributed by atoms with Crippen molar-refractivity contribution in [1.29, 1.82) is 0 Å². The van der Waals surface area contributed by atoms with Crippen LogP contribution in [0.15, 0.2) is 6.20 Å². The van der Waals surface area contributed by atoms with Crippen LogP contribution in [0.1, 0.15) is 23.8 Å². The summed E-state index contributed by atoms with van der Waals surface area (Å²) in [5.41, 5.74) is 0.591. The van der Waals surface area contributed by atoms with Gasteiger partial charge in [0.2, 0.25) is 0 Å². The van der Waals surface area contributed by atoms with Crippen molar-refractivity contribution >= 4 is 40.9 Å². The molecule has 0 amide bonds. The van der Waals surface area contributed by atoms with Gasteiger partial charge in [-0.25, -0.2) is 0 Å². The fourth-order valence-electron chi connectivity index (χ4n) is 1.78. The highest BCUT2D eigenvalue weighted by molar-refractivity contribution is 8.07. The van der Waals surface area contributed by atoms with Crippen LogP contribution in [0, 0.1) is 0 Å². The number of thioether (sulfide) groups is 2. The van der Waals surface area contributed by atoms with Crippen molar-refractivity contribution in [3.63, 3.8) is 0 Å². The minimum Gasteiger partial charge on any atom is -0.291 e. The number of hydrogen-bond donors (Lipinski definition) is 0. The molecule has 0 spiro atoms. The van der Waals surface area contributed by atoms with Gasteiger partial charge in [0.25, 0.3) is 0 Å². The van der Waals surface area contributed by atoms with Crippen LogP contribution in [0.5, 0.6) is 0 Å². The second-order valence-electron chi connectivity index (χ2n) is 3.86. The molecular weight excluding hydrogens is 276 g/mol. The number of carbonyl (C=O) groups excluding carboxylic acids is 1. The second-order valence-corrected chi connectivity index (χ2v) is 6.73. The predicted molar refractivity (Wildman–Crippen MR) is 75.4 cm³/mol. The predicted octanol–water partition coefficient (Wildman–Crippen LogP) is 2.98. The number of halogens is 1. The SMILES string of the molecule is CCCn1ncc(Cl)c1C(=O)C1CSCCS1. The number of ketones is 1. The molecule has 0 bridgehead atoms. The Morgan fingerprint density at radius 1 is 1.65 bits per heavy atom. The van der Waals surface area contributed by atoms with E-state index >= 15 is 0 Å². The zero-order chi connectivity index (χ0) is 12.3. The van der Waals surface area contributed by atoms with Gasteiger partial charge in [0, 0.05) is 23.8 Å². The first-order valence-electron chi connectivity index (χ1n) is 5.69. The van der Waals surface area contributed by atoms with E-state index < -0.39 is 0 Å². The van der Waals surface area contributed by atoms with Gasteiger partial charge in [-0.3, -0.25) is 9.48 Å². The van der Waals surface area contributed by atoms with E-state index in [9.17, 15) is 4.79 Å². The number of hydrogen-bond acceptors (Lipinski definition) is 4. The lowest BCUT2D eigenvalue weighted by atomic mass is 10.2. The quantitative estimate of drug-likeness (QED) is 0.799. The van der Waals surface area contributed by atoms with Gasteiger partial charge in [-0.2, -0.15) is 16.9 Å². The van der Waals surface area contributed by atoms with Crippen LogP contribution in [0.25, 0.3) is 0 Å². The Labute approximate surface area is 115 Å². The van der Waals surface area contributed by atoms with Gasteiger partial charge in [-0.15, -0.1) is 11.8 Å². The molecule has 2 heterocycles. The molecule has 0 radical (unpaired) electrons. The third-order valence-electron chi connectivity index (χ3n) is 2.57. The zero-order valence-corrected chi connectivity index (χ0v) is 12.1. The number of rotatable bonds is 4. The second kappa shape index (κ2) is 6.16. The van der Waals surface area contributed by atoms with E-state index in [1.807, 2.05) is 11.8 Å². The van der Waals surface area contributed by atoms with Crippen LogP contribution in [-0.2, 0) is 6.54 Å². The van der Waals surface area contributed by atoms with Crippen LogP contribution >= 0.6 is 35.1 Å². The Kier molecular flexibility index (Phi) is 4.82. The van der Waals surface area contributed by atoms with E-state index in [-0.39, 0.29) is 11.0 Å². The lowest BCUT2D eigenvalue weighted by Gasteiger charge is -2.20. The van der Waals surface area contributed by atoms with Gasteiger partial charge in [0.05, 0.1) is 16.5 Å². The molecule has 1 fully saturated rings. The fraction of sp³-hybridized carbons (Fsp3) is 0.636. The van der Waals surface area contributed by atoms with Gasteiger partial charge < -0.3 is 0 Å². The summed E-state index contributed by atoms with van der Waals surface area (Å²) in [5, 5.41) is 4.70. The van der Waals surface area contributed by atoms with Crippen molar-refractivity contribution in [2.24, 2.45) is 0 Å². The monoisotopic (exact) mass is 290 g/mol. The molecule has 1 saturated heterocycles. The summed E-state index contributed by atoms with van der Waals surface area (Å²) in [6.07, 6.45) is 2.52. The van der Waals surface area contributed by atoms with Crippen LogP contribution in [0.3, 0.4) is 0 Å². The molecule has 94 valence electrons. The first kappa shape index (κ1) is 13.3. The van der Waals surface area contributed by atoms with Crippen LogP contribution in [0.2, 0.25) is 5.02 Å². The molecule has 0 saturated carbocycles. The van der Waals surface area contributed by atoms with Gasteiger partial charge >= 0.3 is 0 Å².